The van der Waals surface area contributed by atoms with E-state index in [4.69, 9.17) is 29.8 Å². The number of likely N-dealkylation sites (N-methyl/N-ethyl adjacent to an activating group) is 1. The van der Waals surface area contributed by atoms with Gasteiger partial charge in [0.2, 0.25) is 0 Å². The number of esters is 1. The Labute approximate surface area is 383 Å². The number of carbonyl (C=O) groups excluding carboxylic acids is 2. The fourth-order valence-corrected chi connectivity index (χ4v) is 8.87. The average Bonchev–Trinajstić information content (AvgIpc) is 4.14. The maximum atomic E-state index is 12.5. The molecule has 2 fully saturated rings. The van der Waals surface area contributed by atoms with Crippen LogP contribution in [0.1, 0.15) is 119 Å². The van der Waals surface area contributed by atoms with Crippen molar-refractivity contribution in [1.82, 2.24) is 4.90 Å². The topological polar surface area (TPSA) is 200 Å². The average molecular weight is 904 g/mol. The molecule has 13 nitrogen and oxygen atoms in total. The molecule has 358 valence electrons. The van der Waals surface area contributed by atoms with E-state index in [9.17, 15) is 29.7 Å². The minimum atomic E-state index is -1.23. The highest BCUT2D eigenvalue weighted by molar-refractivity contribution is 7.81. The normalized spacial score (nSPS) is 21.6. The van der Waals surface area contributed by atoms with Gasteiger partial charge in [-0.25, -0.2) is 4.79 Å². The number of rotatable bonds is 35. The van der Waals surface area contributed by atoms with Crippen molar-refractivity contribution in [2.45, 2.75) is 142 Å². The zero-order valence-corrected chi connectivity index (χ0v) is 40.2. The Kier molecular flexibility index (Phi) is 23.4. The molecule has 3 rings (SSSR count). The van der Waals surface area contributed by atoms with Gasteiger partial charge in [-0.3, -0.25) is 9.59 Å². The number of nitrogens with one attached hydrogen (secondary N) is 2. The van der Waals surface area contributed by atoms with Crippen LogP contribution < -0.4 is 0 Å². The molecule has 0 aromatic heterocycles. The van der Waals surface area contributed by atoms with Crippen molar-refractivity contribution < 1.29 is 48.7 Å². The van der Waals surface area contributed by atoms with E-state index in [1.807, 2.05) is 33.8 Å². The second-order valence-corrected chi connectivity index (χ2v) is 20.7. The number of ether oxygens (including phenoxy) is 4. The van der Waals surface area contributed by atoms with E-state index in [1.165, 1.54) is 18.4 Å². The van der Waals surface area contributed by atoms with Crippen LogP contribution in [0.15, 0.2) is 36.0 Å². The first-order valence-electron chi connectivity index (χ1n) is 23.4. The molecule has 63 heavy (non-hydrogen) atoms. The lowest BCUT2D eigenvalue weighted by Gasteiger charge is -2.23. The maximum absolute atomic E-state index is 12.5. The molecule has 14 heteroatoms. The van der Waals surface area contributed by atoms with E-state index in [2.05, 4.69) is 49.7 Å². The van der Waals surface area contributed by atoms with E-state index < -0.39 is 36.2 Å². The van der Waals surface area contributed by atoms with Crippen LogP contribution in [0.2, 0.25) is 0 Å². The van der Waals surface area contributed by atoms with Crippen LogP contribution in [-0.2, 0) is 33.3 Å². The fourth-order valence-electron chi connectivity index (χ4n) is 8.76. The largest absolute Gasteiger partial charge is 0.479 e. The minimum Gasteiger partial charge on any atom is -0.479 e. The number of ketones is 1. The van der Waals surface area contributed by atoms with Crippen LogP contribution in [0.5, 0.6) is 0 Å². The predicted molar refractivity (Wildman–Crippen MR) is 251 cm³/mol. The zero-order chi connectivity index (χ0) is 46.7. The monoisotopic (exact) mass is 904 g/mol. The summed E-state index contributed by atoms with van der Waals surface area (Å²) in [6, 6.07) is 0. The van der Waals surface area contributed by atoms with Crippen molar-refractivity contribution in [3.05, 3.63) is 36.0 Å². The number of hydrogen-bond donors (Lipinski definition) is 6. The van der Waals surface area contributed by atoms with Gasteiger partial charge in [0, 0.05) is 42.8 Å². The summed E-state index contributed by atoms with van der Waals surface area (Å²) in [5.41, 5.74) is 2.06. The number of nitrogens with zero attached hydrogens (tertiary/aromatic N) is 1. The molecule has 8 unspecified atom stereocenters. The summed E-state index contributed by atoms with van der Waals surface area (Å²) in [4.78, 5) is 38.3. The highest BCUT2D eigenvalue weighted by Gasteiger charge is 2.72. The molecule has 0 aromatic rings. The number of allylic oxidation sites excluding steroid dienone is 4. The number of Topliss-reactive ketones (excluding diaryl/α,β-unsaturated/α-hetero) is 1. The number of carboxylic acid groups (broad SMARTS) is 1. The van der Waals surface area contributed by atoms with Crippen LogP contribution in [0.3, 0.4) is 0 Å². The highest BCUT2D eigenvalue weighted by Crippen LogP contribution is 2.79. The van der Waals surface area contributed by atoms with E-state index in [0.717, 1.165) is 32.4 Å². The smallest absolute Gasteiger partial charge is 0.345 e. The van der Waals surface area contributed by atoms with Gasteiger partial charge in [-0.15, -0.1) is 0 Å². The van der Waals surface area contributed by atoms with Crippen LogP contribution in [0.4, 0.5) is 0 Å². The first-order chi connectivity index (χ1) is 29.7. The fraction of sp³-hybridized carbons (Fsp3) is 0.776. The highest BCUT2D eigenvalue weighted by atomic mass is 32.1. The van der Waals surface area contributed by atoms with Crippen LogP contribution >= 0.6 is 12.6 Å². The third-order valence-corrected chi connectivity index (χ3v) is 12.9. The Morgan fingerprint density at radius 1 is 0.968 bits per heavy atom. The van der Waals surface area contributed by atoms with Gasteiger partial charge in [-0.1, -0.05) is 71.9 Å². The van der Waals surface area contributed by atoms with Crippen molar-refractivity contribution in [2.24, 2.45) is 40.9 Å². The lowest BCUT2D eigenvalue weighted by Crippen LogP contribution is -2.32. The molecule has 5 N–H and O–H groups in total. The zero-order valence-electron chi connectivity index (χ0n) is 39.3. The summed E-state index contributed by atoms with van der Waals surface area (Å²) < 4.78 is 21.9. The maximum Gasteiger partial charge on any atom is 0.345 e. The third-order valence-electron chi connectivity index (χ3n) is 12.7. The Balaban J connectivity index is 1.23. The summed E-state index contributed by atoms with van der Waals surface area (Å²) in [5.74, 6) is -0.360. The van der Waals surface area contributed by atoms with Crippen molar-refractivity contribution in [2.75, 3.05) is 59.8 Å². The molecule has 8 atom stereocenters. The molecule has 0 aliphatic heterocycles. The van der Waals surface area contributed by atoms with Gasteiger partial charge in [-0.05, 0) is 105 Å². The number of aliphatic hydroxyl groups is 2. The van der Waals surface area contributed by atoms with Gasteiger partial charge >= 0.3 is 11.9 Å². The lowest BCUT2D eigenvalue weighted by atomic mass is 9.91. The van der Waals surface area contributed by atoms with Crippen molar-refractivity contribution in [3.63, 3.8) is 0 Å². The Hall–Kier alpha value is -2.72. The van der Waals surface area contributed by atoms with Gasteiger partial charge in [-0.2, -0.15) is 12.6 Å². The van der Waals surface area contributed by atoms with Crippen LogP contribution in [0, 0.1) is 51.7 Å². The van der Waals surface area contributed by atoms with Gasteiger partial charge in [0.25, 0.3) is 0 Å². The number of hydrogen-bond acceptors (Lipinski definition) is 13. The molecular weight excluding hydrogens is 823 g/mol. The first-order valence-corrected chi connectivity index (χ1v) is 23.8. The molecule has 0 saturated heterocycles. The summed E-state index contributed by atoms with van der Waals surface area (Å²) in [6.45, 7) is 16.2. The molecule has 3 aliphatic rings. The lowest BCUT2D eigenvalue weighted by molar-refractivity contribution is -0.167. The van der Waals surface area contributed by atoms with E-state index >= 15 is 0 Å². The Morgan fingerprint density at radius 3 is 2.21 bits per heavy atom. The minimum absolute atomic E-state index is 0.0354. The van der Waals surface area contributed by atoms with Crippen LogP contribution in [0.25, 0.3) is 0 Å². The molecule has 0 bridgehead atoms. The molecule has 0 amide bonds. The van der Waals surface area contributed by atoms with Crippen molar-refractivity contribution >= 4 is 41.8 Å². The third kappa shape index (κ3) is 20.1. The van der Waals surface area contributed by atoms with E-state index in [-0.39, 0.29) is 53.6 Å². The number of aliphatic carboxylic acids is 1. The molecule has 3 aliphatic carbocycles. The summed E-state index contributed by atoms with van der Waals surface area (Å²) in [5, 5.41) is 46.6. The first kappa shape index (κ1) is 54.6. The van der Waals surface area contributed by atoms with E-state index in [1.54, 1.807) is 13.0 Å². The molecule has 0 heterocycles. The quantitative estimate of drug-likeness (QED) is 0.0121. The molecule has 0 radical (unpaired) electrons. The summed E-state index contributed by atoms with van der Waals surface area (Å²) in [7, 11) is 2.14. The van der Waals surface area contributed by atoms with Crippen LogP contribution in [-0.4, -0.2) is 132 Å². The summed E-state index contributed by atoms with van der Waals surface area (Å²) in [6.07, 6.45) is 15.5. The molecule has 0 aromatic carbocycles. The molecule has 1 spiro atoms. The summed E-state index contributed by atoms with van der Waals surface area (Å²) >= 11 is 4.43. The number of carboxylic acids is 1. The second-order valence-electron chi connectivity index (χ2n) is 19.5. The SMILES string of the molecule is CC(C)CC(OC(=O)C(C)CC(=N)C(O)CCC(O)/C=C/CCC(C)C1C(C2=CCC(CN(C)CCOCCOCCOCCC(=N)C(=O)CCC(C)(C)S)C=C2)C12CC2)C(=O)O. The molecule has 2 saturated carbocycles. The molecular formula is C49H81N3O10S. The van der Waals surface area contributed by atoms with Gasteiger partial charge in [0.05, 0.1) is 63.5 Å². The number of thiol groups is 1. The predicted octanol–water partition coefficient (Wildman–Crippen LogP) is 7.53. The van der Waals surface area contributed by atoms with Gasteiger partial charge in [0.1, 0.15) is 0 Å². The standard InChI is InChI=1S/C49H81N3O10S/c1-33(2)30-43(46(56)57)62-47(58)35(4)31-40(51)41(54)17-16-38(53)11-9-8-10-34(3)44-45(49(44)21-22-49)37-14-12-36(13-15-37)32-52(7)23-25-60-27-29-61-28-26-59-24-19-39(50)42(55)18-20-48(5,6)63/h9,11-12,14-15,33-36,38,41,43-45,50-51,53-54,63H,8,10,13,16-32H2,1-7H3,(H,56,57)/b11-9+,50-39?,51-40?. The van der Waals surface area contributed by atoms with Crippen molar-refractivity contribution in [1.29, 1.82) is 10.8 Å². The number of aliphatic hydroxyl groups excluding tert-OH is 2. The Morgan fingerprint density at radius 2 is 1.62 bits per heavy atom. The Bertz CT molecular complexity index is 1570. The van der Waals surface area contributed by atoms with E-state index in [0.29, 0.717) is 88.0 Å². The van der Waals surface area contributed by atoms with Gasteiger partial charge in [0.15, 0.2) is 11.9 Å². The van der Waals surface area contributed by atoms with Crippen molar-refractivity contribution in [3.8, 4) is 0 Å². The van der Waals surface area contributed by atoms with Gasteiger partial charge < -0.3 is 50.0 Å². The number of carbonyl (C=O) groups is 3. The second kappa shape index (κ2) is 27.0.